The molecule has 0 aliphatic rings. The van der Waals surface area contributed by atoms with Crippen molar-refractivity contribution >= 4 is 0 Å². The quantitative estimate of drug-likeness (QED) is 0.807. The molecule has 0 radical (unpaired) electrons. The lowest BCUT2D eigenvalue weighted by molar-refractivity contribution is 0.184. The number of aliphatic hydroxyl groups excluding tert-OH is 1. The average Bonchev–Trinajstić information content (AvgIpc) is 2.47. The Balaban J connectivity index is 2.32. The average molecular weight is 246 g/mol. The van der Waals surface area contributed by atoms with E-state index >= 15 is 0 Å². The molecule has 0 heterocycles. The van der Waals surface area contributed by atoms with Gasteiger partial charge in [0.25, 0.3) is 0 Å². The second kappa shape index (κ2) is 6.45. The van der Waals surface area contributed by atoms with Gasteiger partial charge in [-0.25, -0.2) is 0 Å². The van der Waals surface area contributed by atoms with Gasteiger partial charge in [-0.3, -0.25) is 0 Å². The minimum Gasteiger partial charge on any atom is -0.387 e. The van der Waals surface area contributed by atoms with Crippen LogP contribution in [0.15, 0.2) is 54.6 Å². The Morgan fingerprint density at radius 1 is 0.947 bits per heavy atom. The number of hydrogen-bond donors (Lipinski definition) is 1. The molecule has 19 heavy (non-hydrogen) atoms. The van der Waals surface area contributed by atoms with Crippen LogP contribution in [0.25, 0.3) is 0 Å². The number of aliphatic hydroxyl groups is 1. The minimum absolute atomic E-state index is 0.296. The summed E-state index contributed by atoms with van der Waals surface area (Å²) < 4.78 is 0. The predicted molar refractivity (Wildman–Crippen MR) is 77.3 cm³/mol. The van der Waals surface area contributed by atoms with Gasteiger partial charge in [-0.1, -0.05) is 48.2 Å². The largest absolute Gasteiger partial charge is 0.387 e. The van der Waals surface area contributed by atoms with Crippen molar-refractivity contribution in [3.05, 3.63) is 71.3 Å². The van der Waals surface area contributed by atoms with Crippen LogP contribution in [0.1, 0.15) is 29.2 Å². The molecule has 1 atom stereocenters. The number of benzene rings is 2. The number of rotatable bonds is 2. The van der Waals surface area contributed by atoms with Crippen molar-refractivity contribution in [3.8, 4) is 24.2 Å². The molecule has 1 heteroatoms. The molecule has 0 spiro atoms. The summed E-state index contributed by atoms with van der Waals surface area (Å²) in [5.74, 6) is 8.64. The molecule has 0 aliphatic carbocycles. The van der Waals surface area contributed by atoms with Crippen molar-refractivity contribution in [1.29, 1.82) is 0 Å². The van der Waals surface area contributed by atoms with Gasteiger partial charge < -0.3 is 5.11 Å². The van der Waals surface area contributed by atoms with E-state index in [1.165, 1.54) is 0 Å². The molecular weight excluding hydrogens is 232 g/mol. The Kier molecular flexibility index (Phi) is 4.40. The highest BCUT2D eigenvalue weighted by molar-refractivity contribution is 5.47. The van der Waals surface area contributed by atoms with Gasteiger partial charge in [0.15, 0.2) is 0 Å². The maximum atomic E-state index is 9.99. The standard InChI is InChI=1S/C18H14O/c1-2-8-18(19)17-12-7-6-11-16(17)14-13-15-9-4-3-5-10-15/h1,3-7,9-12,18-19H,8H2. The summed E-state index contributed by atoms with van der Waals surface area (Å²) in [6.07, 6.45) is 4.87. The Hall–Kier alpha value is -2.48. The van der Waals surface area contributed by atoms with Gasteiger partial charge in [0.1, 0.15) is 0 Å². The zero-order chi connectivity index (χ0) is 13.5. The monoisotopic (exact) mass is 246 g/mol. The van der Waals surface area contributed by atoms with E-state index in [2.05, 4.69) is 17.8 Å². The van der Waals surface area contributed by atoms with Gasteiger partial charge in [-0.05, 0) is 23.8 Å². The zero-order valence-electron chi connectivity index (χ0n) is 10.5. The van der Waals surface area contributed by atoms with E-state index < -0.39 is 6.10 Å². The first kappa shape index (κ1) is 13.0. The molecule has 0 aromatic heterocycles. The van der Waals surface area contributed by atoms with E-state index in [4.69, 9.17) is 6.42 Å². The molecule has 1 N–H and O–H groups in total. The van der Waals surface area contributed by atoms with Crippen molar-refractivity contribution in [2.24, 2.45) is 0 Å². The molecule has 0 bridgehead atoms. The van der Waals surface area contributed by atoms with E-state index in [1.807, 2.05) is 54.6 Å². The Morgan fingerprint density at radius 2 is 1.63 bits per heavy atom. The van der Waals surface area contributed by atoms with Crippen LogP contribution in [0, 0.1) is 24.2 Å². The van der Waals surface area contributed by atoms with Crippen LogP contribution >= 0.6 is 0 Å². The highest BCUT2D eigenvalue weighted by Gasteiger charge is 2.09. The van der Waals surface area contributed by atoms with Crippen LogP contribution in [0.4, 0.5) is 0 Å². The van der Waals surface area contributed by atoms with Gasteiger partial charge in [0.05, 0.1) is 6.10 Å². The first-order valence-electron chi connectivity index (χ1n) is 6.09. The van der Waals surface area contributed by atoms with Crippen molar-refractivity contribution in [2.75, 3.05) is 0 Å². The molecule has 0 saturated heterocycles. The lowest BCUT2D eigenvalue weighted by atomic mass is 10.0. The second-order valence-electron chi connectivity index (χ2n) is 4.13. The van der Waals surface area contributed by atoms with E-state index in [0.717, 1.165) is 16.7 Å². The molecule has 0 fully saturated rings. The first-order valence-corrected chi connectivity index (χ1v) is 6.09. The van der Waals surface area contributed by atoms with E-state index in [9.17, 15) is 5.11 Å². The third-order valence-electron chi connectivity index (χ3n) is 2.75. The SMILES string of the molecule is C#CCC(O)c1ccccc1C#Cc1ccccc1. The predicted octanol–water partition coefficient (Wildman–Crippen LogP) is 3.14. The van der Waals surface area contributed by atoms with Crippen LogP contribution in [-0.4, -0.2) is 5.11 Å². The maximum absolute atomic E-state index is 9.99. The maximum Gasteiger partial charge on any atom is 0.0911 e. The summed E-state index contributed by atoms with van der Waals surface area (Å²) in [5, 5.41) is 9.99. The lowest BCUT2D eigenvalue weighted by Crippen LogP contribution is -1.99. The highest BCUT2D eigenvalue weighted by Crippen LogP contribution is 2.19. The summed E-state index contributed by atoms with van der Waals surface area (Å²) in [4.78, 5) is 0. The summed E-state index contributed by atoms with van der Waals surface area (Å²) in [7, 11) is 0. The van der Waals surface area contributed by atoms with Crippen LogP contribution in [0.3, 0.4) is 0 Å². The summed E-state index contributed by atoms with van der Waals surface area (Å²) in [6, 6.07) is 17.3. The van der Waals surface area contributed by atoms with E-state index in [1.54, 1.807) is 0 Å². The molecule has 0 amide bonds. The summed E-state index contributed by atoms with van der Waals surface area (Å²) >= 11 is 0. The normalized spacial score (nSPS) is 10.9. The summed E-state index contributed by atoms with van der Waals surface area (Å²) in [6.45, 7) is 0. The molecular formula is C18H14O. The third kappa shape index (κ3) is 3.49. The Morgan fingerprint density at radius 3 is 2.37 bits per heavy atom. The van der Waals surface area contributed by atoms with Crippen LogP contribution in [0.2, 0.25) is 0 Å². The first-order chi connectivity index (χ1) is 9.31. The molecule has 0 saturated carbocycles. The van der Waals surface area contributed by atoms with Crippen molar-refractivity contribution in [3.63, 3.8) is 0 Å². The van der Waals surface area contributed by atoms with Crippen molar-refractivity contribution in [1.82, 2.24) is 0 Å². The second-order valence-corrected chi connectivity index (χ2v) is 4.13. The lowest BCUT2D eigenvalue weighted by Gasteiger charge is -2.09. The van der Waals surface area contributed by atoms with Crippen LogP contribution in [-0.2, 0) is 0 Å². The fourth-order valence-corrected chi connectivity index (χ4v) is 1.78. The van der Waals surface area contributed by atoms with Crippen molar-refractivity contribution in [2.45, 2.75) is 12.5 Å². The van der Waals surface area contributed by atoms with Gasteiger partial charge in [-0.15, -0.1) is 12.3 Å². The minimum atomic E-state index is -0.661. The highest BCUT2D eigenvalue weighted by atomic mass is 16.3. The topological polar surface area (TPSA) is 20.2 Å². The van der Waals surface area contributed by atoms with Crippen LogP contribution < -0.4 is 0 Å². The molecule has 1 unspecified atom stereocenters. The van der Waals surface area contributed by atoms with Gasteiger partial charge in [0.2, 0.25) is 0 Å². The molecule has 0 aliphatic heterocycles. The smallest absolute Gasteiger partial charge is 0.0911 e. The van der Waals surface area contributed by atoms with Crippen LogP contribution in [0.5, 0.6) is 0 Å². The molecule has 92 valence electrons. The molecule has 2 aromatic rings. The summed E-state index contributed by atoms with van der Waals surface area (Å²) in [5.41, 5.74) is 2.54. The van der Waals surface area contributed by atoms with E-state index in [0.29, 0.717) is 6.42 Å². The van der Waals surface area contributed by atoms with Gasteiger partial charge >= 0.3 is 0 Å². The fraction of sp³-hybridized carbons (Fsp3) is 0.111. The third-order valence-corrected chi connectivity index (χ3v) is 2.75. The van der Waals surface area contributed by atoms with Crippen molar-refractivity contribution < 1.29 is 5.11 Å². The number of terminal acetylenes is 1. The molecule has 2 rings (SSSR count). The molecule has 1 nitrogen and oxygen atoms in total. The Bertz CT molecular complexity index is 639. The fourth-order valence-electron chi connectivity index (χ4n) is 1.78. The number of hydrogen-bond acceptors (Lipinski definition) is 1. The zero-order valence-corrected chi connectivity index (χ0v) is 10.5. The van der Waals surface area contributed by atoms with Gasteiger partial charge in [0, 0.05) is 17.5 Å². The molecule has 2 aromatic carbocycles. The Labute approximate surface area is 113 Å². The van der Waals surface area contributed by atoms with E-state index in [-0.39, 0.29) is 0 Å². The van der Waals surface area contributed by atoms with Gasteiger partial charge in [-0.2, -0.15) is 0 Å².